The van der Waals surface area contributed by atoms with Crippen molar-refractivity contribution < 1.29 is 13.5 Å². The molecule has 0 spiro atoms. The number of aliphatic hydroxyl groups excluding tert-OH is 1. The van der Waals surface area contributed by atoms with Gasteiger partial charge in [0, 0.05) is 19.2 Å². The quantitative estimate of drug-likeness (QED) is 0.795. The van der Waals surface area contributed by atoms with Crippen molar-refractivity contribution in [1.29, 1.82) is 0 Å². The van der Waals surface area contributed by atoms with E-state index in [0.29, 0.717) is 30.3 Å². The maximum atomic E-state index is 12.6. The standard InChI is InChI=1S/C14H25N3O3S/c1-10(13-6-4-7-13)16-21(19,20)14-11(2)15-17(12(14)3)8-5-9-18/h10,13,16,18H,4-9H2,1-3H3. The van der Waals surface area contributed by atoms with Gasteiger partial charge in [0.05, 0.1) is 11.4 Å². The SMILES string of the molecule is Cc1nn(CCCO)c(C)c1S(=O)(=O)NC(C)C1CCC1. The summed E-state index contributed by atoms with van der Waals surface area (Å²) in [6.45, 7) is 6.00. The van der Waals surface area contributed by atoms with Gasteiger partial charge in [0.25, 0.3) is 0 Å². The van der Waals surface area contributed by atoms with Crippen LogP contribution < -0.4 is 4.72 Å². The van der Waals surface area contributed by atoms with E-state index in [9.17, 15) is 8.42 Å². The normalized spacial score (nSPS) is 17.7. The molecule has 0 saturated heterocycles. The lowest BCUT2D eigenvalue weighted by atomic mass is 9.81. The molecule has 2 N–H and O–H groups in total. The van der Waals surface area contributed by atoms with Gasteiger partial charge in [0.1, 0.15) is 4.90 Å². The fraction of sp³-hybridized carbons (Fsp3) is 0.786. The zero-order valence-corrected chi connectivity index (χ0v) is 13.8. The van der Waals surface area contributed by atoms with Crippen molar-refractivity contribution >= 4 is 10.0 Å². The van der Waals surface area contributed by atoms with Gasteiger partial charge in [-0.2, -0.15) is 5.10 Å². The number of aryl methyl sites for hydroxylation is 2. The van der Waals surface area contributed by atoms with E-state index >= 15 is 0 Å². The van der Waals surface area contributed by atoms with Crippen LogP contribution in [0.4, 0.5) is 0 Å². The molecule has 1 aliphatic rings. The van der Waals surface area contributed by atoms with E-state index < -0.39 is 10.0 Å². The predicted octanol–water partition coefficient (Wildman–Crippen LogP) is 1.35. The topological polar surface area (TPSA) is 84.2 Å². The molecule has 21 heavy (non-hydrogen) atoms. The van der Waals surface area contributed by atoms with Gasteiger partial charge in [-0.25, -0.2) is 13.1 Å². The molecule has 2 rings (SSSR count). The number of hydrogen-bond donors (Lipinski definition) is 2. The first-order chi connectivity index (χ1) is 9.86. The molecule has 120 valence electrons. The van der Waals surface area contributed by atoms with Crippen LogP contribution in [0.5, 0.6) is 0 Å². The summed E-state index contributed by atoms with van der Waals surface area (Å²) in [4.78, 5) is 0.284. The van der Waals surface area contributed by atoms with Crippen molar-refractivity contribution in [3.8, 4) is 0 Å². The highest BCUT2D eigenvalue weighted by Gasteiger charge is 2.31. The number of nitrogens with zero attached hydrogens (tertiary/aromatic N) is 2. The second-order valence-corrected chi connectivity index (χ2v) is 7.55. The van der Waals surface area contributed by atoms with Gasteiger partial charge in [0.2, 0.25) is 10.0 Å². The zero-order valence-electron chi connectivity index (χ0n) is 13.0. The Hall–Kier alpha value is -0.920. The molecule has 0 amide bonds. The highest BCUT2D eigenvalue weighted by molar-refractivity contribution is 7.89. The van der Waals surface area contributed by atoms with E-state index in [1.54, 1.807) is 18.5 Å². The van der Waals surface area contributed by atoms with Crippen molar-refractivity contribution in [1.82, 2.24) is 14.5 Å². The molecule has 1 aliphatic carbocycles. The molecular weight excluding hydrogens is 290 g/mol. The molecule has 1 aromatic heterocycles. The van der Waals surface area contributed by atoms with E-state index in [1.165, 1.54) is 6.42 Å². The number of hydrogen-bond acceptors (Lipinski definition) is 4. The lowest BCUT2D eigenvalue weighted by Crippen LogP contribution is -2.40. The van der Waals surface area contributed by atoms with Gasteiger partial charge in [-0.3, -0.25) is 4.68 Å². The van der Waals surface area contributed by atoms with E-state index in [4.69, 9.17) is 5.11 Å². The van der Waals surface area contributed by atoms with Crippen LogP contribution in [0.3, 0.4) is 0 Å². The molecule has 1 atom stereocenters. The molecule has 0 aliphatic heterocycles. The number of aliphatic hydroxyl groups is 1. The van der Waals surface area contributed by atoms with Gasteiger partial charge >= 0.3 is 0 Å². The number of rotatable bonds is 7. The van der Waals surface area contributed by atoms with Crippen LogP contribution in [0.1, 0.15) is 44.0 Å². The van der Waals surface area contributed by atoms with Crippen LogP contribution in [0.25, 0.3) is 0 Å². The van der Waals surface area contributed by atoms with Crippen LogP contribution >= 0.6 is 0 Å². The molecule has 1 aromatic rings. The fourth-order valence-electron chi connectivity index (χ4n) is 2.85. The summed E-state index contributed by atoms with van der Waals surface area (Å²) in [5, 5.41) is 13.2. The maximum absolute atomic E-state index is 12.6. The van der Waals surface area contributed by atoms with Crippen LogP contribution in [-0.2, 0) is 16.6 Å². The summed E-state index contributed by atoms with van der Waals surface area (Å²) < 4.78 is 29.7. The van der Waals surface area contributed by atoms with Crippen LogP contribution in [0.15, 0.2) is 4.90 Å². The Labute approximate surface area is 126 Å². The summed E-state index contributed by atoms with van der Waals surface area (Å²) in [5.41, 5.74) is 1.15. The molecule has 1 fully saturated rings. The Morgan fingerprint density at radius 3 is 2.62 bits per heavy atom. The van der Waals surface area contributed by atoms with Gasteiger partial charge in [-0.15, -0.1) is 0 Å². The molecule has 0 radical (unpaired) electrons. The summed E-state index contributed by atoms with van der Waals surface area (Å²) in [6, 6.07) is -0.0386. The Morgan fingerprint density at radius 2 is 2.10 bits per heavy atom. The Balaban J connectivity index is 2.20. The van der Waals surface area contributed by atoms with E-state index in [-0.39, 0.29) is 17.5 Å². The summed E-state index contributed by atoms with van der Waals surface area (Å²) in [6.07, 6.45) is 3.94. The van der Waals surface area contributed by atoms with Crippen molar-refractivity contribution in [2.24, 2.45) is 5.92 Å². The second kappa shape index (κ2) is 6.46. The minimum atomic E-state index is -3.54. The third-order valence-corrected chi connectivity index (χ3v) is 6.12. The maximum Gasteiger partial charge on any atom is 0.244 e. The molecule has 1 unspecified atom stereocenters. The second-order valence-electron chi connectivity index (χ2n) is 5.90. The Kier molecular flexibility index (Phi) is 5.06. The van der Waals surface area contributed by atoms with Gasteiger partial charge < -0.3 is 5.11 Å². The highest BCUT2D eigenvalue weighted by atomic mass is 32.2. The summed E-state index contributed by atoms with van der Waals surface area (Å²) in [5.74, 6) is 0.449. The van der Waals surface area contributed by atoms with Gasteiger partial charge in [-0.05, 0) is 46.0 Å². The Morgan fingerprint density at radius 1 is 1.43 bits per heavy atom. The first kappa shape index (κ1) is 16.5. The predicted molar refractivity (Wildman–Crippen MR) is 80.5 cm³/mol. The van der Waals surface area contributed by atoms with Gasteiger partial charge in [0.15, 0.2) is 0 Å². The molecule has 0 aromatic carbocycles. The minimum absolute atomic E-state index is 0.0386. The average molecular weight is 315 g/mol. The largest absolute Gasteiger partial charge is 0.396 e. The lowest BCUT2D eigenvalue weighted by molar-refractivity contribution is 0.260. The summed E-state index contributed by atoms with van der Waals surface area (Å²) in [7, 11) is -3.54. The first-order valence-electron chi connectivity index (χ1n) is 7.54. The van der Waals surface area contributed by atoms with Crippen LogP contribution in [0.2, 0.25) is 0 Å². The first-order valence-corrected chi connectivity index (χ1v) is 9.02. The van der Waals surface area contributed by atoms with E-state index in [1.807, 2.05) is 6.92 Å². The fourth-order valence-corrected chi connectivity index (χ4v) is 4.57. The van der Waals surface area contributed by atoms with E-state index in [0.717, 1.165) is 12.8 Å². The van der Waals surface area contributed by atoms with Crippen molar-refractivity contribution in [2.45, 2.75) is 63.9 Å². The molecule has 1 saturated carbocycles. The van der Waals surface area contributed by atoms with Crippen LogP contribution in [0, 0.1) is 19.8 Å². The molecule has 6 nitrogen and oxygen atoms in total. The highest BCUT2D eigenvalue weighted by Crippen LogP contribution is 2.30. The average Bonchev–Trinajstić information content (AvgIpc) is 2.58. The van der Waals surface area contributed by atoms with E-state index in [2.05, 4.69) is 9.82 Å². The molecule has 7 heteroatoms. The summed E-state index contributed by atoms with van der Waals surface area (Å²) >= 11 is 0. The lowest BCUT2D eigenvalue weighted by Gasteiger charge is -2.31. The Bertz CT molecular complexity index is 591. The number of sulfonamides is 1. The zero-order chi connectivity index (χ0) is 15.6. The molecular formula is C14H25N3O3S. The van der Waals surface area contributed by atoms with Crippen LogP contribution in [-0.4, -0.2) is 36.0 Å². The number of aromatic nitrogens is 2. The third kappa shape index (κ3) is 3.46. The minimum Gasteiger partial charge on any atom is -0.396 e. The van der Waals surface area contributed by atoms with Crippen molar-refractivity contribution in [3.05, 3.63) is 11.4 Å². The smallest absolute Gasteiger partial charge is 0.244 e. The molecule has 0 bridgehead atoms. The van der Waals surface area contributed by atoms with Crippen molar-refractivity contribution in [3.63, 3.8) is 0 Å². The van der Waals surface area contributed by atoms with Gasteiger partial charge in [-0.1, -0.05) is 6.42 Å². The number of nitrogens with one attached hydrogen (secondary N) is 1. The molecule has 1 heterocycles. The monoisotopic (exact) mass is 315 g/mol. The third-order valence-electron chi connectivity index (χ3n) is 4.31. The van der Waals surface area contributed by atoms with Crippen molar-refractivity contribution in [2.75, 3.05) is 6.61 Å².